The van der Waals surface area contributed by atoms with Crippen molar-refractivity contribution in [3.63, 3.8) is 0 Å². The van der Waals surface area contributed by atoms with Crippen LogP contribution in [0.3, 0.4) is 0 Å². The lowest BCUT2D eigenvalue weighted by molar-refractivity contribution is 0.294. The Morgan fingerprint density at radius 3 is 2.58 bits per heavy atom. The number of ether oxygens (including phenoxy) is 1. The molecule has 0 radical (unpaired) electrons. The van der Waals surface area contributed by atoms with E-state index in [0.717, 1.165) is 17.0 Å². The highest BCUT2D eigenvalue weighted by molar-refractivity contribution is 6.29. The first-order valence-electron chi connectivity index (χ1n) is 6.00. The van der Waals surface area contributed by atoms with Gasteiger partial charge in [0.2, 0.25) is 0 Å². The van der Waals surface area contributed by atoms with Gasteiger partial charge in [-0.3, -0.25) is 0 Å². The van der Waals surface area contributed by atoms with Crippen molar-refractivity contribution in [3.05, 3.63) is 52.6 Å². The van der Waals surface area contributed by atoms with Crippen LogP contribution in [-0.2, 0) is 13.0 Å². The molecule has 0 saturated carbocycles. The predicted molar refractivity (Wildman–Crippen MR) is 73.3 cm³/mol. The molecule has 0 aliphatic heterocycles. The van der Waals surface area contributed by atoms with Crippen molar-refractivity contribution >= 4 is 11.6 Å². The maximum atomic E-state index is 8.83. The van der Waals surface area contributed by atoms with Crippen LogP contribution in [-0.4, -0.2) is 21.7 Å². The Balaban J connectivity index is 1.98. The van der Waals surface area contributed by atoms with Crippen LogP contribution in [0.25, 0.3) is 0 Å². The van der Waals surface area contributed by atoms with E-state index >= 15 is 0 Å². The molecule has 0 spiro atoms. The molecule has 2 aromatic rings. The van der Waals surface area contributed by atoms with Gasteiger partial charge in [0.15, 0.2) is 5.82 Å². The van der Waals surface area contributed by atoms with Gasteiger partial charge in [0, 0.05) is 12.3 Å². The van der Waals surface area contributed by atoms with Gasteiger partial charge in [-0.2, -0.15) is 0 Å². The van der Waals surface area contributed by atoms with Crippen molar-refractivity contribution in [3.8, 4) is 5.75 Å². The fourth-order valence-corrected chi connectivity index (χ4v) is 1.94. The van der Waals surface area contributed by atoms with Crippen LogP contribution in [0.2, 0.25) is 5.15 Å². The van der Waals surface area contributed by atoms with E-state index in [9.17, 15) is 0 Å². The molecule has 0 amide bonds. The van der Waals surface area contributed by atoms with Crippen LogP contribution in [0, 0.1) is 6.92 Å². The lowest BCUT2D eigenvalue weighted by Gasteiger charge is -2.07. The molecule has 5 heteroatoms. The Bertz CT molecular complexity index is 523. The number of hydrogen-bond donors (Lipinski definition) is 1. The second kappa shape index (κ2) is 6.50. The van der Waals surface area contributed by atoms with Gasteiger partial charge in [0.25, 0.3) is 0 Å². The van der Waals surface area contributed by atoms with Crippen LogP contribution < -0.4 is 4.74 Å². The van der Waals surface area contributed by atoms with Gasteiger partial charge >= 0.3 is 0 Å². The topological polar surface area (TPSA) is 55.2 Å². The van der Waals surface area contributed by atoms with Crippen LogP contribution in [0.15, 0.2) is 30.3 Å². The molecule has 1 aromatic heterocycles. The fourth-order valence-electron chi connectivity index (χ4n) is 1.68. The third-order valence-electron chi connectivity index (χ3n) is 2.56. The van der Waals surface area contributed by atoms with Gasteiger partial charge in [0.1, 0.15) is 17.5 Å². The second-order valence-electron chi connectivity index (χ2n) is 4.15. The molecular weight excluding hydrogens is 264 g/mol. The summed E-state index contributed by atoms with van der Waals surface area (Å²) in [5.74, 6) is 1.30. The first-order chi connectivity index (χ1) is 9.17. The third kappa shape index (κ3) is 4.19. The van der Waals surface area contributed by atoms with Crippen molar-refractivity contribution in [1.29, 1.82) is 0 Å². The number of halogens is 1. The fraction of sp³-hybridized carbons (Fsp3) is 0.286. The van der Waals surface area contributed by atoms with Crippen molar-refractivity contribution in [2.45, 2.75) is 20.0 Å². The number of aliphatic hydroxyl groups is 1. The minimum atomic E-state index is 0.149. The number of aromatic nitrogens is 2. The monoisotopic (exact) mass is 278 g/mol. The van der Waals surface area contributed by atoms with E-state index in [0.29, 0.717) is 17.4 Å². The maximum Gasteiger partial charge on any atom is 0.167 e. The first kappa shape index (κ1) is 13.8. The molecule has 1 N–H and O–H groups in total. The molecule has 100 valence electrons. The molecule has 0 aliphatic carbocycles. The molecule has 0 unspecified atom stereocenters. The standard InChI is InChI=1S/C14H15ClN2O2/c1-10-8-13(15)17-14(16-10)9-19-12-4-2-11(3-5-12)6-7-18/h2-5,8,18H,6-7,9H2,1H3. The highest BCUT2D eigenvalue weighted by Crippen LogP contribution is 2.14. The van der Waals surface area contributed by atoms with Gasteiger partial charge in [0.05, 0.1) is 0 Å². The van der Waals surface area contributed by atoms with Crippen LogP contribution in [0.5, 0.6) is 5.75 Å². The Labute approximate surface area is 117 Å². The largest absolute Gasteiger partial charge is 0.486 e. The Morgan fingerprint density at radius 1 is 1.21 bits per heavy atom. The van der Waals surface area contributed by atoms with Gasteiger partial charge in [-0.15, -0.1) is 0 Å². The van der Waals surface area contributed by atoms with Gasteiger partial charge in [-0.25, -0.2) is 9.97 Å². The predicted octanol–water partition coefficient (Wildman–Crippen LogP) is 2.55. The molecule has 19 heavy (non-hydrogen) atoms. The summed E-state index contributed by atoms with van der Waals surface area (Å²) in [6.07, 6.45) is 0.650. The number of benzene rings is 1. The summed E-state index contributed by atoms with van der Waals surface area (Å²) < 4.78 is 5.59. The van der Waals surface area contributed by atoms with E-state index in [1.54, 1.807) is 6.07 Å². The minimum Gasteiger partial charge on any atom is -0.486 e. The molecule has 0 fully saturated rings. The number of hydrogen-bond acceptors (Lipinski definition) is 4. The number of aliphatic hydroxyl groups excluding tert-OH is 1. The maximum absolute atomic E-state index is 8.83. The summed E-state index contributed by atoms with van der Waals surface area (Å²) in [7, 11) is 0. The van der Waals surface area contributed by atoms with Crippen LogP contribution in [0.4, 0.5) is 0 Å². The highest BCUT2D eigenvalue weighted by atomic mass is 35.5. The molecular formula is C14H15ClN2O2. The normalized spacial score (nSPS) is 10.5. The number of nitrogens with zero attached hydrogens (tertiary/aromatic N) is 2. The van der Waals surface area contributed by atoms with E-state index in [4.69, 9.17) is 21.4 Å². The van der Waals surface area contributed by atoms with E-state index < -0.39 is 0 Å². The molecule has 1 heterocycles. The zero-order valence-corrected chi connectivity index (χ0v) is 11.4. The molecule has 0 atom stereocenters. The van der Waals surface area contributed by atoms with Gasteiger partial charge in [-0.05, 0) is 37.1 Å². The zero-order chi connectivity index (χ0) is 13.7. The third-order valence-corrected chi connectivity index (χ3v) is 2.75. The van der Waals surface area contributed by atoms with Crippen LogP contribution in [0.1, 0.15) is 17.1 Å². The lowest BCUT2D eigenvalue weighted by Crippen LogP contribution is -2.03. The van der Waals surface area contributed by atoms with E-state index in [2.05, 4.69) is 9.97 Å². The number of aryl methyl sites for hydroxylation is 1. The van der Waals surface area contributed by atoms with Crippen molar-refractivity contribution < 1.29 is 9.84 Å². The summed E-state index contributed by atoms with van der Waals surface area (Å²) in [6.45, 7) is 2.29. The van der Waals surface area contributed by atoms with E-state index in [1.165, 1.54) is 0 Å². The lowest BCUT2D eigenvalue weighted by atomic mass is 10.1. The van der Waals surface area contributed by atoms with E-state index in [-0.39, 0.29) is 13.2 Å². The summed E-state index contributed by atoms with van der Waals surface area (Å²) in [6, 6.07) is 9.28. The highest BCUT2D eigenvalue weighted by Gasteiger charge is 2.02. The molecule has 0 aliphatic rings. The molecule has 4 nitrogen and oxygen atoms in total. The summed E-state index contributed by atoms with van der Waals surface area (Å²) >= 11 is 5.86. The zero-order valence-electron chi connectivity index (χ0n) is 10.6. The molecule has 0 saturated heterocycles. The first-order valence-corrected chi connectivity index (χ1v) is 6.38. The Morgan fingerprint density at radius 2 is 1.95 bits per heavy atom. The quantitative estimate of drug-likeness (QED) is 0.854. The van der Waals surface area contributed by atoms with Gasteiger partial charge in [-0.1, -0.05) is 23.7 Å². The van der Waals surface area contributed by atoms with Gasteiger partial charge < -0.3 is 9.84 Å². The van der Waals surface area contributed by atoms with Crippen molar-refractivity contribution in [2.75, 3.05) is 6.61 Å². The Kier molecular flexibility index (Phi) is 4.71. The Hall–Kier alpha value is -1.65. The summed E-state index contributed by atoms with van der Waals surface area (Å²) in [5, 5.41) is 9.25. The van der Waals surface area contributed by atoms with Crippen LogP contribution >= 0.6 is 11.6 Å². The number of rotatable bonds is 5. The molecule has 0 bridgehead atoms. The van der Waals surface area contributed by atoms with Crippen molar-refractivity contribution in [2.24, 2.45) is 0 Å². The molecule has 1 aromatic carbocycles. The SMILES string of the molecule is Cc1cc(Cl)nc(COc2ccc(CCO)cc2)n1. The summed E-state index contributed by atoms with van der Waals surface area (Å²) in [4.78, 5) is 8.33. The van der Waals surface area contributed by atoms with E-state index in [1.807, 2.05) is 31.2 Å². The minimum absolute atomic E-state index is 0.149. The average Bonchev–Trinajstić information content (AvgIpc) is 2.37. The smallest absolute Gasteiger partial charge is 0.167 e. The average molecular weight is 279 g/mol. The summed E-state index contributed by atoms with van der Waals surface area (Å²) in [5.41, 5.74) is 1.89. The second-order valence-corrected chi connectivity index (χ2v) is 4.54. The van der Waals surface area contributed by atoms with Crippen molar-refractivity contribution in [1.82, 2.24) is 9.97 Å². The molecule has 2 rings (SSSR count).